The summed E-state index contributed by atoms with van der Waals surface area (Å²) in [7, 11) is 0. The summed E-state index contributed by atoms with van der Waals surface area (Å²) in [6, 6.07) is 12.8. The van der Waals surface area contributed by atoms with Gasteiger partial charge in [-0.3, -0.25) is 4.98 Å². The number of hydrogen-bond donors (Lipinski definition) is 1. The first-order valence-corrected chi connectivity index (χ1v) is 6.82. The summed E-state index contributed by atoms with van der Waals surface area (Å²) in [5, 5.41) is 3.46. The van der Waals surface area contributed by atoms with Crippen LogP contribution in [0.3, 0.4) is 0 Å². The molecule has 0 radical (unpaired) electrons. The van der Waals surface area contributed by atoms with E-state index in [-0.39, 0.29) is 6.04 Å². The van der Waals surface area contributed by atoms with Gasteiger partial charge in [0.1, 0.15) is 0 Å². The van der Waals surface area contributed by atoms with Crippen LogP contribution in [0.4, 0.5) is 5.69 Å². The van der Waals surface area contributed by atoms with E-state index >= 15 is 0 Å². The van der Waals surface area contributed by atoms with Crippen LogP contribution in [-0.4, -0.2) is 11.2 Å². The molecule has 0 aliphatic rings. The maximum atomic E-state index is 4.13. The van der Waals surface area contributed by atoms with Crippen molar-refractivity contribution < 1.29 is 0 Å². The van der Waals surface area contributed by atoms with Crippen LogP contribution in [0, 0.1) is 0 Å². The second-order valence-corrected chi connectivity index (χ2v) is 4.76. The van der Waals surface area contributed by atoms with Gasteiger partial charge in [0.05, 0.1) is 6.04 Å². The van der Waals surface area contributed by atoms with Crippen LogP contribution in [0.15, 0.2) is 53.7 Å². The van der Waals surface area contributed by atoms with Crippen LogP contribution < -0.4 is 5.32 Å². The molecule has 0 amide bonds. The molecule has 0 aliphatic carbocycles. The van der Waals surface area contributed by atoms with Crippen molar-refractivity contribution in [2.45, 2.75) is 17.9 Å². The van der Waals surface area contributed by atoms with Gasteiger partial charge in [-0.25, -0.2) is 0 Å². The van der Waals surface area contributed by atoms with Gasteiger partial charge in [-0.15, -0.1) is 11.8 Å². The number of nitrogens with zero attached hydrogens (tertiary/aromatic N) is 1. The molecule has 2 nitrogen and oxygen atoms in total. The highest BCUT2D eigenvalue weighted by atomic mass is 32.2. The van der Waals surface area contributed by atoms with Gasteiger partial charge in [-0.1, -0.05) is 6.07 Å². The lowest BCUT2D eigenvalue weighted by Gasteiger charge is -2.15. The van der Waals surface area contributed by atoms with Gasteiger partial charge in [0.25, 0.3) is 0 Å². The fourth-order valence-electron chi connectivity index (χ4n) is 1.65. The first-order valence-electron chi connectivity index (χ1n) is 5.60. The maximum Gasteiger partial charge on any atom is 0.0500 e. The van der Waals surface area contributed by atoms with Crippen LogP contribution in [0.2, 0.25) is 0 Å². The Kier molecular flexibility index (Phi) is 4.04. The van der Waals surface area contributed by atoms with E-state index in [2.05, 4.69) is 53.8 Å². The first-order chi connectivity index (χ1) is 8.29. The molecule has 1 unspecified atom stereocenters. The minimum atomic E-state index is 0.267. The average Bonchev–Trinajstić information content (AvgIpc) is 2.40. The Morgan fingerprint density at radius 2 is 1.94 bits per heavy atom. The van der Waals surface area contributed by atoms with Gasteiger partial charge < -0.3 is 5.32 Å². The number of anilines is 1. The molecule has 2 aromatic rings. The highest BCUT2D eigenvalue weighted by Crippen LogP contribution is 2.21. The molecule has 0 aliphatic heterocycles. The van der Waals surface area contributed by atoms with Crippen molar-refractivity contribution in [1.29, 1.82) is 0 Å². The van der Waals surface area contributed by atoms with E-state index in [0.717, 1.165) is 5.69 Å². The lowest BCUT2D eigenvalue weighted by atomic mass is 10.1. The summed E-state index contributed by atoms with van der Waals surface area (Å²) < 4.78 is 0. The van der Waals surface area contributed by atoms with Crippen LogP contribution in [0.1, 0.15) is 18.5 Å². The van der Waals surface area contributed by atoms with Gasteiger partial charge in [-0.2, -0.15) is 0 Å². The van der Waals surface area contributed by atoms with Gasteiger partial charge in [0.2, 0.25) is 0 Å². The number of benzene rings is 1. The quantitative estimate of drug-likeness (QED) is 0.824. The molecule has 1 aromatic heterocycles. The molecule has 17 heavy (non-hydrogen) atoms. The summed E-state index contributed by atoms with van der Waals surface area (Å²) in [4.78, 5) is 5.41. The molecule has 0 spiro atoms. The number of aromatic nitrogens is 1. The maximum absolute atomic E-state index is 4.13. The van der Waals surface area contributed by atoms with E-state index in [1.165, 1.54) is 10.5 Å². The van der Waals surface area contributed by atoms with Gasteiger partial charge in [0, 0.05) is 23.0 Å². The molecule has 3 heteroatoms. The summed E-state index contributed by atoms with van der Waals surface area (Å²) in [5.74, 6) is 0. The molecule has 0 fully saturated rings. The van der Waals surface area contributed by atoms with Crippen molar-refractivity contribution in [2.24, 2.45) is 0 Å². The molecular formula is C14H16N2S. The molecule has 2 rings (SSSR count). The lowest BCUT2D eigenvalue weighted by Crippen LogP contribution is -2.06. The third-order valence-electron chi connectivity index (χ3n) is 2.66. The second kappa shape index (κ2) is 5.73. The molecule has 1 atom stereocenters. The Morgan fingerprint density at radius 3 is 2.53 bits per heavy atom. The predicted molar refractivity (Wildman–Crippen MR) is 74.5 cm³/mol. The third kappa shape index (κ3) is 3.24. The Labute approximate surface area is 106 Å². The van der Waals surface area contributed by atoms with Crippen molar-refractivity contribution in [3.05, 3.63) is 54.4 Å². The van der Waals surface area contributed by atoms with Crippen LogP contribution in [-0.2, 0) is 0 Å². The molecule has 1 heterocycles. The summed E-state index contributed by atoms with van der Waals surface area (Å²) in [5.41, 5.74) is 2.33. The van der Waals surface area contributed by atoms with E-state index in [1.54, 1.807) is 18.0 Å². The number of pyridine rings is 1. The van der Waals surface area contributed by atoms with E-state index in [9.17, 15) is 0 Å². The standard InChI is InChI=1S/C14H16N2S/c1-11(12-4-3-9-15-10-12)16-13-5-7-14(17-2)8-6-13/h3-11,16H,1-2H3. The minimum Gasteiger partial charge on any atom is -0.378 e. The van der Waals surface area contributed by atoms with Gasteiger partial charge in [-0.05, 0) is 49.1 Å². The molecule has 0 saturated heterocycles. The zero-order valence-corrected chi connectivity index (χ0v) is 10.9. The predicted octanol–water partition coefficient (Wildman–Crippen LogP) is 3.98. The number of hydrogen-bond acceptors (Lipinski definition) is 3. The number of thioether (sulfide) groups is 1. The molecule has 1 N–H and O–H groups in total. The smallest absolute Gasteiger partial charge is 0.0500 e. The third-order valence-corrected chi connectivity index (χ3v) is 3.40. The van der Waals surface area contributed by atoms with Crippen molar-refractivity contribution >= 4 is 17.4 Å². The zero-order valence-electron chi connectivity index (χ0n) is 10.1. The fourth-order valence-corrected chi connectivity index (χ4v) is 2.06. The molecule has 88 valence electrons. The van der Waals surface area contributed by atoms with E-state index in [0.29, 0.717) is 0 Å². The summed E-state index contributed by atoms with van der Waals surface area (Å²) >= 11 is 1.75. The van der Waals surface area contributed by atoms with Crippen molar-refractivity contribution in [3.8, 4) is 0 Å². The Bertz CT molecular complexity index is 453. The molecule has 0 bridgehead atoms. The lowest BCUT2D eigenvalue weighted by molar-refractivity contribution is 0.875. The van der Waals surface area contributed by atoms with Gasteiger partial charge in [0.15, 0.2) is 0 Å². The second-order valence-electron chi connectivity index (χ2n) is 3.88. The van der Waals surface area contributed by atoms with Crippen molar-refractivity contribution in [1.82, 2.24) is 4.98 Å². The first kappa shape index (κ1) is 12.0. The summed E-state index contributed by atoms with van der Waals surface area (Å²) in [6.45, 7) is 2.14. The van der Waals surface area contributed by atoms with Crippen LogP contribution in [0.5, 0.6) is 0 Å². The van der Waals surface area contributed by atoms with Gasteiger partial charge >= 0.3 is 0 Å². The number of rotatable bonds is 4. The van der Waals surface area contributed by atoms with E-state index in [1.807, 2.05) is 12.3 Å². The Morgan fingerprint density at radius 1 is 1.18 bits per heavy atom. The molecule has 0 saturated carbocycles. The molecular weight excluding hydrogens is 228 g/mol. The van der Waals surface area contributed by atoms with Crippen molar-refractivity contribution in [3.63, 3.8) is 0 Å². The van der Waals surface area contributed by atoms with E-state index < -0.39 is 0 Å². The largest absolute Gasteiger partial charge is 0.378 e. The van der Waals surface area contributed by atoms with Crippen molar-refractivity contribution in [2.75, 3.05) is 11.6 Å². The minimum absolute atomic E-state index is 0.267. The fraction of sp³-hybridized carbons (Fsp3) is 0.214. The Hall–Kier alpha value is -1.48. The topological polar surface area (TPSA) is 24.9 Å². The summed E-state index contributed by atoms with van der Waals surface area (Å²) in [6.07, 6.45) is 5.78. The number of nitrogens with one attached hydrogen (secondary N) is 1. The average molecular weight is 244 g/mol. The highest BCUT2D eigenvalue weighted by Gasteiger charge is 2.04. The van der Waals surface area contributed by atoms with Crippen LogP contribution >= 0.6 is 11.8 Å². The highest BCUT2D eigenvalue weighted by molar-refractivity contribution is 7.98. The zero-order chi connectivity index (χ0) is 12.1. The van der Waals surface area contributed by atoms with Crippen LogP contribution in [0.25, 0.3) is 0 Å². The normalized spacial score (nSPS) is 12.1. The van der Waals surface area contributed by atoms with E-state index in [4.69, 9.17) is 0 Å². The monoisotopic (exact) mass is 244 g/mol. The molecule has 1 aromatic carbocycles. The SMILES string of the molecule is CSc1ccc(NC(C)c2cccnc2)cc1. The Balaban J connectivity index is 2.05.